The predicted octanol–water partition coefficient (Wildman–Crippen LogP) is 0.926. The lowest BCUT2D eigenvalue weighted by atomic mass is 10.0. The standard InChI is InChI=1S/C12H14N4O2/c13-11(17)9-6-2-1-4-8(9)5-3-7-10-15-16-12(14)18-10/h1-2,4,6H,3,5,7H2,(H2,13,17)(H2,14,16). The van der Waals surface area contributed by atoms with Gasteiger partial charge in [-0.1, -0.05) is 23.3 Å². The number of benzene rings is 1. The number of hydrogen-bond donors (Lipinski definition) is 2. The van der Waals surface area contributed by atoms with Crippen molar-refractivity contribution in [2.24, 2.45) is 5.73 Å². The normalized spacial score (nSPS) is 10.4. The SMILES string of the molecule is NC(=O)c1ccccc1CCCc1nnc(N)o1. The first-order chi connectivity index (χ1) is 8.66. The molecule has 6 heteroatoms. The van der Waals surface area contributed by atoms with Crippen LogP contribution in [0, 0.1) is 0 Å². The van der Waals surface area contributed by atoms with E-state index in [1.165, 1.54) is 0 Å². The first kappa shape index (κ1) is 12.1. The molecule has 0 radical (unpaired) electrons. The molecular formula is C12H14N4O2. The van der Waals surface area contributed by atoms with Crippen LogP contribution in [0.4, 0.5) is 6.01 Å². The smallest absolute Gasteiger partial charge is 0.312 e. The fourth-order valence-electron chi connectivity index (χ4n) is 1.78. The van der Waals surface area contributed by atoms with Gasteiger partial charge in [-0.25, -0.2) is 0 Å². The molecule has 0 bridgehead atoms. The van der Waals surface area contributed by atoms with E-state index in [1.54, 1.807) is 12.1 Å². The molecule has 4 N–H and O–H groups in total. The summed E-state index contributed by atoms with van der Waals surface area (Å²) in [6, 6.07) is 7.36. The Labute approximate surface area is 104 Å². The van der Waals surface area contributed by atoms with Gasteiger partial charge in [0.15, 0.2) is 0 Å². The molecule has 0 saturated carbocycles. The van der Waals surface area contributed by atoms with Crippen molar-refractivity contribution < 1.29 is 9.21 Å². The van der Waals surface area contributed by atoms with Crippen LogP contribution < -0.4 is 11.5 Å². The number of amides is 1. The summed E-state index contributed by atoms with van der Waals surface area (Å²) in [6.07, 6.45) is 2.13. The minimum absolute atomic E-state index is 0.0718. The Hall–Kier alpha value is -2.37. The lowest BCUT2D eigenvalue weighted by Gasteiger charge is -2.05. The Morgan fingerprint density at radius 3 is 2.67 bits per heavy atom. The Kier molecular flexibility index (Phi) is 3.57. The van der Waals surface area contributed by atoms with Gasteiger partial charge in [0.05, 0.1) is 0 Å². The van der Waals surface area contributed by atoms with Crippen molar-refractivity contribution in [2.45, 2.75) is 19.3 Å². The second-order valence-electron chi connectivity index (χ2n) is 3.91. The maximum Gasteiger partial charge on any atom is 0.312 e. The van der Waals surface area contributed by atoms with E-state index in [1.807, 2.05) is 12.1 Å². The molecule has 2 rings (SSSR count). The third-order valence-electron chi connectivity index (χ3n) is 2.60. The van der Waals surface area contributed by atoms with Crippen LogP contribution in [0.2, 0.25) is 0 Å². The molecule has 0 spiro atoms. The molecule has 1 heterocycles. The quantitative estimate of drug-likeness (QED) is 0.815. The lowest BCUT2D eigenvalue weighted by Crippen LogP contribution is -2.13. The maximum atomic E-state index is 11.2. The Balaban J connectivity index is 1.96. The average Bonchev–Trinajstić information content (AvgIpc) is 2.75. The third kappa shape index (κ3) is 2.85. The highest BCUT2D eigenvalue weighted by molar-refractivity contribution is 5.94. The van der Waals surface area contributed by atoms with E-state index in [-0.39, 0.29) is 6.01 Å². The number of anilines is 1. The molecule has 1 aromatic heterocycles. The van der Waals surface area contributed by atoms with Crippen molar-refractivity contribution in [3.63, 3.8) is 0 Å². The van der Waals surface area contributed by atoms with Crippen molar-refractivity contribution in [1.82, 2.24) is 10.2 Å². The van der Waals surface area contributed by atoms with Gasteiger partial charge in [0.1, 0.15) is 0 Å². The Morgan fingerprint density at radius 1 is 1.22 bits per heavy atom. The molecule has 0 aliphatic rings. The number of carbonyl (C=O) groups excluding carboxylic acids is 1. The minimum atomic E-state index is -0.410. The number of carbonyl (C=O) groups is 1. The van der Waals surface area contributed by atoms with E-state index < -0.39 is 5.91 Å². The van der Waals surface area contributed by atoms with E-state index in [0.717, 1.165) is 18.4 Å². The van der Waals surface area contributed by atoms with E-state index >= 15 is 0 Å². The summed E-state index contributed by atoms with van der Waals surface area (Å²) < 4.78 is 5.06. The van der Waals surface area contributed by atoms with Gasteiger partial charge in [-0.2, -0.15) is 0 Å². The van der Waals surface area contributed by atoms with E-state index in [9.17, 15) is 4.79 Å². The molecule has 0 fully saturated rings. The molecule has 0 atom stereocenters. The zero-order chi connectivity index (χ0) is 13.0. The summed E-state index contributed by atoms with van der Waals surface area (Å²) in [5, 5.41) is 7.35. The van der Waals surface area contributed by atoms with Crippen LogP contribution in [-0.2, 0) is 12.8 Å². The summed E-state index contributed by atoms with van der Waals surface area (Å²) in [6.45, 7) is 0. The Morgan fingerprint density at radius 2 is 2.00 bits per heavy atom. The molecule has 0 aliphatic carbocycles. The molecule has 2 aromatic rings. The van der Waals surface area contributed by atoms with Crippen LogP contribution in [-0.4, -0.2) is 16.1 Å². The Bertz CT molecular complexity index is 551. The molecular weight excluding hydrogens is 232 g/mol. The summed E-state index contributed by atoms with van der Waals surface area (Å²) in [5.41, 5.74) is 12.1. The van der Waals surface area contributed by atoms with Crippen molar-refractivity contribution >= 4 is 11.9 Å². The number of rotatable bonds is 5. The van der Waals surface area contributed by atoms with Gasteiger partial charge in [-0.15, -0.1) is 5.10 Å². The van der Waals surface area contributed by atoms with Crippen LogP contribution >= 0.6 is 0 Å². The van der Waals surface area contributed by atoms with Gasteiger partial charge in [0.25, 0.3) is 0 Å². The summed E-state index contributed by atoms with van der Waals surface area (Å²) in [7, 11) is 0. The second kappa shape index (κ2) is 5.31. The highest BCUT2D eigenvalue weighted by Gasteiger charge is 2.08. The highest BCUT2D eigenvalue weighted by Crippen LogP contribution is 2.12. The van der Waals surface area contributed by atoms with E-state index in [2.05, 4.69) is 10.2 Å². The molecule has 1 amide bonds. The fraction of sp³-hybridized carbons (Fsp3) is 0.250. The fourth-order valence-corrected chi connectivity index (χ4v) is 1.78. The molecule has 6 nitrogen and oxygen atoms in total. The minimum Gasteiger partial charge on any atom is -0.408 e. The van der Waals surface area contributed by atoms with Crippen molar-refractivity contribution in [2.75, 3.05) is 5.73 Å². The topological polar surface area (TPSA) is 108 Å². The number of primary amides is 1. The molecule has 0 aliphatic heterocycles. The van der Waals surface area contributed by atoms with Gasteiger partial charge in [-0.3, -0.25) is 4.79 Å². The van der Waals surface area contributed by atoms with Crippen molar-refractivity contribution in [3.05, 3.63) is 41.3 Å². The average molecular weight is 246 g/mol. The van der Waals surface area contributed by atoms with Crippen LogP contribution in [0.5, 0.6) is 0 Å². The van der Waals surface area contributed by atoms with Gasteiger partial charge in [0.2, 0.25) is 11.8 Å². The molecule has 0 saturated heterocycles. The third-order valence-corrected chi connectivity index (χ3v) is 2.60. The summed E-state index contributed by atoms with van der Waals surface area (Å²) >= 11 is 0. The first-order valence-corrected chi connectivity index (χ1v) is 5.62. The number of aromatic nitrogens is 2. The zero-order valence-electron chi connectivity index (χ0n) is 9.80. The number of nitrogen functional groups attached to an aromatic ring is 1. The number of aryl methyl sites for hydroxylation is 2. The molecule has 0 unspecified atom stereocenters. The van der Waals surface area contributed by atoms with Crippen LogP contribution in [0.3, 0.4) is 0 Å². The summed E-state index contributed by atoms with van der Waals surface area (Å²) in [5.74, 6) is 0.0942. The zero-order valence-corrected chi connectivity index (χ0v) is 9.80. The van der Waals surface area contributed by atoms with Crippen molar-refractivity contribution in [1.29, 1.82) is 0 Å². The van der Waals surface area contributed by atoms with Crippen molar-refractivity contribution in [3.8, 4) is 0 Å². The lowest BCUT2D eigenvalue weighted by molar-refractivity contribution is 0.0999. The van der Waals surface area contributed by atoms with Gasteiger partial charge in [0, 0.05) is 12.0 Å². The van der Waals surface area contributed by atoms with Gasteiger partial charge < -0.3 is 15.9 Å². The first-order valence-electron chi connectivity index (χ1n) is 5.62. The van der Waals surface area contributed by atoms with Crippen LogP contribution in [0.1, 0.15) is 28.2 Å². The maximum absolute atomic E-state index is 11.2. The number of nitrogens with two attached hydrogens (primary N) is 2. The van der Waals surface area contributed by atoms with E-state index in [0.29, 0.717) is 17.9 Å². The number of nitrogens with zero attached hydrogens (tertiary/aromatic N) is 2. The molecule has 1 aromatic carbocycles. The number of hydrogen-bond acceptors (Lipinski definition) is 5. The summed E-state index contributed by atoms with van der Waals surface area (Å²) in [4.78, 5) is 11.2. The largest absolute Gasteiger partial charge is 0.408 e. The molecule has 94 valence electrons. The second-order valence-corrected chi connectivity index (χ2v) is 3.91. The van der Waals surface area contributed by atoms with Gasteiger partial charge >= 0.3 is 6.01 Å². The van der Waals surface area contributed by atoms with E-state index in [4.69, 9.17) is 15.9 Å². The highest BCUT2D eigenvalue weighted by atomic mass is 16.4. The monoisotopic (exact) mass is 246 g/mol. The van der Waals surface area contributed by atoms with Crippen LogP contribution in [0.25, 0.3) is 0 Å². The van der Waals surface area contributed by atoms with Crippen LogP contribution in [0.15, 0.2) is 28.7 Å². The van der Waals surface area contributed by atoms with Gasteiger partial charge in [-0.05, 0) is 24.5 Å². The predicted molar refractivity (Wildman–Crippen MR) is 65.7 cm³/mol. The molecule has 18 heavy (non-hydrogen) atoms.